The van der Waals surface area contributed by atoms with Gasteiger partial charge in [-0.05, 0) is 38.5 Å². The Labute approximate surface area is 321 Å². The van der Waals surface area contributed by atoms with E-state index in [-0.39, 0.29) is 12.5 Å². The summed E-state index contributed by atoms with van der Waals surface area (Å²) in [7, 11) is 1.23. The van der Waals surface area contributed by atoms with Crippen LogP contribution in [0.15, 0.2) is 36.5 Å². The van der Waals surface area contributed by atoms with E-state index in [4.69, 9.17) is 9.05 Å². The van der Waals surface area contributed by atoms with E-state index in [9.17, 15) is 19.4 Å². The number of phosphoric ester groups is 1. The quantitative estimate of drug-likeness (QED) is 0.0281. The van der Waals surface area contributed by atoms with Crippen LogP contribution in [0.2, 0.25) is 0 Å². The molecule has 0 radical (unpaired) electrons. The fourth-order valence-electron chi connectivity index (χ4n) is 5.90. The second-order valence-electron chi connectivity index (χ2n) is 15.7. The predicted molar refractivity (Wildman–Crippen MR) is 219 cm³/mol. The summed E-state index contributed by atoms with van der Waals surface area (Å²) in [6.07, 6.45) is 42.0. The number of amides is 1. The maximum atomic E-state index is 12.8. The molecule has 0 aromatic carbocycles. The normalized spacial score (nSPS) is 14.8. The molecule has 3 unspecified atom stereocenters. The molecule has 3 atom stereocenters. The Balaban J connectivity index is 4.38. The third kappa shape index (κ3) is 37.1. The van der Waals surface area contributed by atoms with Gasteiger partial charge in [0.15, 0.2) is 0 Å². The molecule has 0 aromatic heterocycles. The molecule has 52 heavy (non-hydrogen) atoms. The van der Waals surface area contributed by atoms with Gasteiger partial charge in [-0.1, -0.05) is 172 Å². The number of rotatable bonds is 38. The first-order valence-electron chi connectivity index (χ1n) is 21.4. The molecule has 0 saturated carbocycles. The fourth-order valence-corrected chi connectivity index (χ4v) is 6.62. The number of quaternary nitrogens is 1. The van der Waals surface area contributed by atoms with Crippen LogP contribution < -0.4 is 10.2 Å². The molecule has 9 heteroatoms. The molecule has 0 bridgehead atoms. The second-order valence-corrected chi connectivity index (χ2v) is 17.1. The van der Waals surface area contributed by atoms with Crippen molar-refractivity contribution < 1.29 is 32.9 Å². The number of phosphoric acid groups is 1. The number of hydrogen-bond acceptors (Lipinski definition) is 6. The molecule has 0 aliphatic heterocycles. The number of hydrogen-bond donors (Lipinski definition) is 2. The summed E-state index contributed by atoms with van der Waals surface area (Å²) in [5.41, 5.74) is 0. The predicted octanol–water partition coefficient (Wildman–Crippen LogP) is 10.9. The summed E-state index contributed by atoms with van der Waals surface area (Å²) in [5.74, 6) is -0.212. The fraction of sp³-hybridized carbons (Fsp3) is 0.837. The third-order valence-corrected chi connectivity index (χ3v) is 10.3. The number of carbonyl (C=O) groups excluding carboxylic acids is 1. The van der Waals surface area contributed by atoms with E-state index in [0.717, 1.165) is 51.4 Å². The van der Waals surface area contributed by atoms with Crippen molar-refractivity contribution in [1.82, 2.24) is 5.32 Å². The summed E-state index contributed by atoms with van der Waals surface area (Å²) in [6.45, 7) is 4.54. The number of unbranched alkanes of at least 4 members (excludes halogenated alkanes) is 21. The standard InChI is InChI=1S/C43H83N2O6P/c1-6-8-10-12-14-16-18-19-20-21-22-23-24-25-27-29-31-33-35-37-43(47)44-41(40-51-52(48,49)50-39-38-45(3,4)5)42(46)36-34-32-30-28-26-17-15-13-11-9-7-2/h11,13,26,28,34,36,41-42,46H,6-10,12,14-25,27,29-33,35,37-40H2,1-5H3,(H-,44,47,48,49)/b13-11+,28-26+,36-34+. The number of aliphatic hydroxyl groups excluding tert-OH is 1. The van der Waals surface area contributed by atoms with Crippen LogP contribution >= 0.6 is 7.82 Å². The summed E-state index contributed by atoms with van der Waals surface area (Å²) < 4.78 is 23.1. The molecule has 0 rings (SSSR count). The highest BCUT2D eigenvalue weighted by atomic mass is 31.2. The lowest BCUT2D eigenvalue weighted by molar-refractivity contribution is -0.870. The Morgan fingerprint density at radius 2 is 1.08 bits per heavy atom. The first kappa shape index (κ1) is 50.7. The van der Waals surface area contributed by atoms with Crippen molar-refractivity contribution in [3.05, 3.63) is 36.5 Å². The average Bonchev–Trinajstić information content (AvgIpc) is 3.09. The van der Waals surface area contributed by atoms with E-state index >= 15 is 0 Å². The Morgan fingerprint density at radius 1 is 0.654 bits per heavy atom. The highest BCUT2D eigenvalue weighted by Gasteiger charge is 2.23. The summed E-state index contributed by atoms with van der Waals surface area (Å²) in [5, 5.41) is 13.7. The number of aliphatic hydroxyl groups is 1. The minimum absolute atomic E-state index is 0.00823. The molecule has 0 fully saturated rings. The van der Waals surface area contributed by atoms with Gasteiger partial charge in [-0.25, -0.2) is 0 Å². The molecule has 0 aliphatic carbocycles. The van der Waals surface area contributed by atoms with E-state index in [1.54, 1.807) is 6.08 Å². The number of nitrogens with zero attached hydrogens (tertiary/aromatic N) is 1. The SMILES string of the molecule is CCC/C=C/CC/C=C/CC/C=C/C(O)C(COP(=O)([O-])OCC[N+](C)(C)C)NC(=O)CCCCCCCCCCCCCCCCCCCCC. The lowest BCUT2D eigenvalue weighted by Gasteiger charge is -2.29. The van der Waals surface area contributed by atoms with E-state index in [2.05, 4.69) is 43.5 Å². The Kier molecular flexibility index (Phi) is 34.6. The summed E-state index contributed by atoms with van der Waals surface area (Å²) >= 11 is 0. The molecule has 0 saturated heterocycles. The van der Waals surface area contributed by atoms with Gasteiger partial charge in [-0.15, -0.1) is 0 Å². The average molecular weight is 755 g/mol. The van der Waals surface area contributed by atoms with Crippen LogP contribution in [0.1, 0.15) is 181 Å². The summed E-state index contributed by atoms with van der Waals surface area (Å²) in [4.78, 5) is 25.2. The van der Waals surface area contributed by atoms with Gasteiger partial charge < -0.3 is 28.8 Å². The number of allylic oxidation sites excluding steroid dienone is 5. The van der Waals surface area contributed by atoms with Crippen LogP contribution in [0.5, 0.6) is 0 Å². The van der Waals surface area contributed by atoms with Gasteiger partial charge in [0.25, 0.3) is 7.82 Å². The zero-order chi connectivity index (χ0) is 38.6. The smallest absolute Gasteiger partial charge is 0.268 e. The molecule has 0 aromatic rings. The topological polar surface area (TPSA) is 108 Å². The molecular weight excluding hydrogens is 671 g/mol. The summed E-state index contributed by atoms with van der Waals surface area (Å²) in [6, 6.07) is -0.904. The van der Waals surface area contributed by atoms with Crippen LogP contribution in [0.3, 0.4) is 0 Å². The van der Waals surface area contributed by atoms with Gasteiger partial charge in [0, 0.05) is 6.42 Å². The Hall–Kier alpha value is -1.28. The van der Waals surface area contributed by atoms with Crippen molar-refractivity contribution in [3.8, 4) is 0 Å². The van der Waals surface area contributed by atoms with Crippen molar-refractivity contribution in [1.29, 1.82) is 0 Å². The molecule has 306 valence electrons. The van der Waals surface area contributed by atoms with Crippen molar-refractivity contribution >= 4 is 13.7 Å². The molecule has 0 heterocycles. The second kappa shape index (κ2) is 35.4. The van der Waals surface area contributed by atoms with Gasteiger partial charge in [-0.3, -0.25) is 9.36 Å². The van der Waals surface area contributed by atoms with Crippen LogP contribution in [0.25, 0.3) is 0 Å². The van der Waals surface area contributed by atoms with E-state index in [0.29, 0.717) is 17.4 Å². The zero-order valence-corrected chi connectivity index (χ0v) is 35.4. The molecule has 2 N–H and O–H groups in total. The highest BCUT2D eigenvalue weighted by molar-refractivity contribution is 7.45. The lowest BCUT2D eigenvalue weighted by atomic mass is 10.0. The molecule has 0 spiro atoms. The van der Waals surface area contributed by atoms with Crippen LogP contribution in [-0.2, 0) is 18.4 Å². The minimum atomic E-state index is -4.59. The van der Waals surface area contributed by atoms with Crippen LogP contribution in [-0.4, -0.2) is 68.5 Å². The first-order valence-corrected chi connectivity index (χ1v) is 22.8. The van der Waals surface area contributed by atoms with E-state index in [1.807, 2.05) is 27.2 Å². The van der Waals surface area contributed by atoms with Gasteiger partial charge >= 0.3 is 0 Å². The van der Waals surface area contributed by atoms with E-state index in [1.165, 1.54) is 109 Å². The maximum Gasteiger partial charge on any atom is 0.268 e. The zero-order valence-electron chi connectivity index (χ0n) is 34.5. The first-order chi connectivity index (χ1) is 25.0. The van der Waals surface area contributed by atoms with Crippen LogP contribution in [0, 0.1) is 0 Å². The third-order valence-electron chi connectivity index (χ3n) is 9.31. The van der Waals surface area contributed by atoms with Crippen molar-refractivity contribution in [2.24, 2.45) is 0 Å². The Morgan fingerprint density at radius 3 is 1.52 bits per heavy atom. The van der Waals surface area contributed by atoms with E-state index < -0.39 is 26.6 Å². The molecule has 0 aliphatic rings. The number of likely N-dealkylation sites (N-methyl/N-ethyl adjacent to an activating group) is 1. The van der Waals surface area contributed by atoms with Crippen molar-refractivity contribution in [2.45, 2.75) is 193 Å². The van der Waals surface area contributed by atoms with Gasteiger partial charge in [-0.2, -0.15) is 0 Å². The number of carbonyl (C=O) groups is 1. The van der Waals surface area contributed by atoms with Gasteiger partial charge in [0.1, 0.15) is 13.2 Å². The molecule has 8 nitrogen and oxygen atoms in total. The Bertz CT molecular complexity index is 948. The largest absolute Gasteiger partial charge is 0.756 e. The monoisotopic (exact) mass is 755 g/mol. The maximum absolute atomic E-state index is 12.8. The van der Waals surface area contributed by atoms with Crippen molar-refractivity contribution in [2.75, 3.05) is 40.9 Å². The minimum Gasteiger partial charge on any atom is -0.756 e. The van der Waals surface area contributed by atoms with Crippen molar-refractivity contribution in [3.63, 3.8) is 0 Å². The highest BCUT2D eigenvalue weighted by Crippen LogP contribution is 2.38. The molecular formula is C43H83N2O6P. The van der Waals surface area contributed by atoms with Gasteiger partial charge in [0.2, 0.25) is 5.91 Å². The lowest BCUT2D eigenvalue weighted by Crippen LogP contribution is -2.45. The van der Waals surface area contributed by atoms with Gasteiger partial charge in [0.05, 0.1) is 39.9 Å². The number of nitrogens with one attached hydrogen (secondary N) is 1. The molecule has 1 amide bonds. The van der Waals surface area contributed by atoms with Crippen LogP contribution in [0.4, 0.5) is 0 Å².